The lowest BCUT2D eigenvalue weighted by Crippen LogP contribution is -2.37. The Balaban J connectivity index is 1.58. The number of fused-ring (bicyclic) bond motifs is 2. The molecule has 2 heteroatoms. The average Bonchev–Trinajstić information content (AvgIpc) is 2.95. The van der Waals surface area contributed by atoms with Gasteiger partial charge in [-0.25, -0.2) is 0 Å². The molecule has 1 fully saturated rings. The van der Waals surface area contributed by atoms with Crippen molar-refractivity contribution < 1.29 is 4.74 Å². The van der Waals surface area contributed by atoms with Gasteiger partial charge in [-0.1, -0.05) is 42.5 Å². The van der Waals surface area contributed by atoms with E-state index in [4.69, 9.17) is 4.74 Å². The minimum atomic E-state index is 0.670. The number of methoxy groups -OCH3 is 1. The quantitative estimate of drug-likeness (QED) is 0.856. The summed E-state index contributed by atoms with van der Waals surface area (Å²) in [6, 6.07) is 18.1. The van der Waals surface area contributed by atoms with E-state index in [0.717, 1.165) is 24.6 Å². The van der Waals surface area contributed by atoms with Gasteiger partial charge in [0.15, 0.2) is 0 Å². The van der Waals surface area contributed by atoms with Crippen molar-refractivity contribution in [3.8, 4) is 5.75 Å². The summed E-state index contributed by atoms with van der Waals surface area (Å²) in [5.74, 6) is 1.88. The van der Waals surface area contributed by atoms with Crippen molar-refractivity contribution in [1.82, 2.24) is 4.90 Å². The molecule has 4 rings (SSSR count). The van der Waals surface area contributed by atoms with Crippen molar-refractivity contribution >= 4 is 0 Å². The monoisotopic (exact) mass is 293 g/mol. The van der Waals surface area contributed by atoms with Gasteiger partial charge in [-0.05, 0) is 54.5 Å². The zero-order valence-electron chi connectivity index (χ0n) is 13.2. The van der Waals surface area contributed by atoms with E-state index in [0.29, 0.717) is 6.04 Å². The molecule has 0 aromatic heterocycles. The second-order valence-electron chi connectivity index (χ2n) is 6.58. The first-order chi connectivity index (χ1) is 10.8. The van der Waals surface area contributed by atoms with Gasteiger partial charge >= 0.3 is 0 Å². The number of ether oxygens (including phenoxy) is 1. The molecular formula is C20H23NO. The SMILES string of the molecule is COc1cccc2c1C[C@H]1[C@H](CCN1Cc1ccccc1)C2. The topological polar surface area (TPSA) is 12.5 Å². The van der Waals surface area contributed by atoms with E-state index in [9.17, 15) is 0 Å². The number of hydrogen-bond donors (Lipinski definition) is 0. The predicted molar refractivity (Wildman–Crippen MR) is 89.1 cm³/mol. The first-order valence-electron chi connectivity index (χ1n) is 8.28. The van der Waals surface area contributed by atoms with Gasteiger partial charge in [0.1, 0.15) is 5.75 Å². The maximum Gasteiger partial charge on any atom is 0.122 e. The van der Waals surface area contributed by atoms with Crippen LogP contribution in [0.5, 0.6) is 5.75 Å². The third-order valence-electron chi connectivity index (χ3n) is 5.37. The van der Waals surface area contributed by atoms with Crippen molar-refractivity contribution in [2.75, 3.05) is 13.7 Å². The fraction of sp³-hybridized carbons (Fsp3) is 0.400. The van der Waals surface area contributed by atoms with Crippen molar-refractivity contribution in [2.45, 2.75) is 31.8 Å². The molecule has 0 bridgehead atoms. The Morgan fingerprint density at radius 1 is 1.05 bits per heavy atom. The summed E-state index contributed by atoms with van der Waals surface area (Å²) in [5, 5.41) is 0. The fourth-order valence-electron chi connectivity index (χ4n) is 4.25. The van der Waals surface area contributed by atoms with Gasteiger partial charge in [0.25, 0.3) is 0 Å². The van der Waals surface area contributed by atoms with Crippen molar-refractivity contribution in [3.05, 3.63) is 65.2 Å². The Bertz CT molecular complexity index is 652. The van der Waals surface area contributed by atoms with Gasteiger partial charge in [-0.15, -0.1) is 0 Å². The summed E-state index contributed by atoms with van der Waals surface area (Å²) >= 11 is 0. The molecule has 0 spiro atoms. The van der Waals surface area contributed by atoms with Crippen LogP contribution in [0.25, 0.3) is 0 Å². The Morgan fingerprint density at radius 2 is 1.91 bits per heavy atom. The van der Waals surface area contributed by atoms with Crippen LogP contribution in [0.4, 0.5) is 0 Å². The summed E-state index contributed by atoms with van der Waals surface area (Å²) in [5.41, 5.74) is 4.36. The molecule has 2 aliphatic rings. The van der Waals surface area contributed by atoms with Crippen molar-refractivity contribution in [3.63, 3.8) is 0 Å². The summed E-state index contributed by atoms with van der Waals surface area (Å²) < 4.78 is 5.60. The van der Waals surface area contributed by atoms with E-state index in [-0.39, 0.29) is 0 Å². The van der Waals surface area contributed by atoms with E-state index in [2.05, 4.69) is 53.4 Å². The van der Waals surface area contributed by atoms with Crippen LogP contribution in [0.2, 0.25) is 0 Å². The van der Waals surface area contributed by atoms with Crippen LogP contribution in [0.3, 0.4) is 0 Å². The maximum absolute atomic E-state index is 5.60. The van der Waals surface area contributed by atoms with Crippen LogP contribution in [0.1, 0.15) is 23.1 Å². The third-order valence-corrected chi connectivity index (χ3v) is 5.37. The predicted octanol–water partition coefficient (Wildman–Crippen LogP) is 3.68. The lowest BCUT2D eigenvalue weighted by Gasteiger charge is -2.34. The minimum Gasteiger partial charge on any atom is -0.496 e. The van der Waals surface area contributed by atoms with E-state index in [1.54, 1.807) is 7.11 Å². The number of hydrogen-bond acceptors (Lipinski definition) is 2. The van der Waals surface area contributed by atoms with Crippen LogP contribution >= 0.6 is 0 Å². The summed E-state index contributed by atoms with van der Waals surface area (Å²) in [6.45, 7) is 2.30. The highest BCUT2D eigenvalue weighted by Crippen LogP contribution is 2.39. The molecule has 1 aliphatic carbocycles. The summed E-state index contributed by atoms with van der Waals surface area (Å²) in [6.07, 6.45) is 3.67. The highest BCUT2D eigenvalue weighted by atomic mass is 16.5. The van der Waals surface area contributed by atoms with E-state index in [1.807, 2.05) is 0 Å². The molecule has 1 saturated heterocycles. The number of likely N-dealkylation sites (tertiary alicyclic amines) is 1. The zero-order chi connectivity index (χ0) is 14.9. The van der Waals surface area contributed by atoms with Crippen LogP contribution in [-0.4, -0.2) is 24.6 Å². The van der Waals surface area contributed by atoms with Crippen LogP contribution in [0.15, 0.2) is 48.5 Å². The third kappa shape index (κ3) is 2.42. The molecule has 0 unspecified atom stereocenters. The molecule has 114 valence electrons. The molecule has 2 atom stereocenters. The van der Waals surface area contributed by atoms with E-state index in [1.165, 1.54) is 36.1 Å². The Kier molecular flexibility index (Phi) is 3.63. The number of rotatable bonds is 3. The second kappa shape index (κ2) is 5.77. The van der Waals surface area contributed by atoms with Gasteiger partial charge in [0.2, 0.25) is 0 Å². The summed E-state index contributed by atoms with van der Waals surface area (Å²) in [4.78, 5) is 2.68. The van der Waals surface area contributed by atoms with Crippen molar-refractivity contribution in [1.29, 1.82) is 0 Å². The molecule has 1 aliphatic heterocycles. The number of benzene rings is 2. The number of nitrogens with zero attached hydrogens (tertiary/aromatic N) is 1. The molecule has 1 heterocycles. The normalized spacial score (nSPS) is 23.9. The lowest BCUT2D eigenvalue weighted by molar-refractivity contribution is 0.206. The first-order valence-corrected chi connectivity index (χ1v) is 8.28. The molecule has 2 nitrogen and oxygen atoms in total. The second-order valence-corrected chi connectivity index (χ2v) is 6.58. The van der Waals surface area contributed by atoms with E-state index < -0.39 is 0 Å². The van der Waals surface area contributed by atoms with Gasteiger partial charge in [-0.3, -0.25) is 4.90 Å². The van der Waals surface area contributed by atoms with Gasteiger partial charge in [-0.2, -0.15) is 0 Å². The molecule has 0 radical (unpaired) electrons. The van der Waals surface area contributed by atoms with Crippen LogP contribution in [0, 0.1) is 5.92 Å². The lowest BCUT2D eigenvalue weighted by atomic mass is 9.80. The largest absolute Gasteiger partial charge is 0.496 e. The maximum atomic E-state index is 5.60. The molecule has 0 amide bonds. The molecule has 2 aromatic carbocycles. The van der Waals surface area contributed by atoms with Crippen molar-refractivity contribution in [2.24, 2.45) is 5.92 Å². The fourth-order valence-corrected chi connectivity index (χ4v) is 4.25. The minimum absolute atomic E-state index is 0.670. The molecule has 2 aromatic rings. The molecule has 0 saturated carbocycles. The van der Waals surface area contributed by atoms with Gasteiger partial charge in [0.05, 0.1) is 7.11 Å². The molecule has 22 heavy (non-hydrogen) atoms. The molecular weight excluding hydrogens is 270 g/mol. The highest BCUT2D eigenvalue weighted by molar-refractivity contribution is 5.43. The van der Waals surface area contributed by atoms with Gasteiger partial charge in [0, 0.05) is 12.6 Å². The standard InChI is InChI=1S/C20H23NO/c1-22-20-9-5-8-16-12-17-10-11-21(19(17)13-18(16)20)14-15-6-3-2-4-7-15/h2-9,17,19H,10-14H2,1H3/t17-,19+/m1/s1. The van der Waals surface area contributed by atoms with E-state index >= 15 is 0 Å². The first kappa shape index (κ1) is 13.8. The Morgan fingerprint density at radius 3 is 2.73 bits per heavy atom. The highest BCUT2D eigenvalue weighted by Gasteiger charge is 2.38. The summed E-state index contributed by atoms with van der Waals surface area (Å²) in [7, 11) is 1.79. The van der Waals surface area contributed by atoms with Gasteiger partial charge < -0.3 is 4.74 Å². The zero-order valence-corrected chi connectivity index (χ0v) is 13.2. The van der Waals surface area contributed by atoms with Crippen LogP contribution < -0.4 is 4.74 Å². The average molecular weight is 293 g/mol. The Labute approximate surface area is 132 Å². The Hall–Kier alpha value is -1.80. The van der Waals surface area contributed by atoms with Crippen LogP contribution in [-0.2, 0) is 19.4 Å². The molecule has 0 N–H and O–H groups in total. The smallest absolute Gasteiger partial charge is 0.122 e.